The summed E-state index contributed by atoms with van der Waals surface area (Å²) in [6.07, 6.45) is 2.94. The van der Waals surface area contributed by atoms with Crippen molar-refractivity contribution < 1.29 is 9.53 Å². The SMILES string of the molecule is CN(C)c1ccc2nnc(C3CCN(C(=O)C4CCc5ccccc5O4)CC3)n2n1. The smallest absolute Gasteiger partial charge is 0.263 e. The predicted molar refractivity (Wildman–Crippen MR) is 113 cm³/mol. The number of carbonyl (C=O) groups is 1. The number of amides is 1. The van der Waals surface area contributed by atoms with Crippen LogP contribution < -0.4 is 9.64 Å². The Labute approximate surface area is 175 Å². The van der Waals surface area contributed by atoms with Crippen LogP contribution in [0, 0.1) is 0 Å². The molecule has 1 fully saturated rings. The van der Waals surface area contributed by atoms with Crippen LogP contribution in [0.5, 0.6) is 5.75 Å². The number of hydrogen-bond acceptors (Lipinski definition) is 6. The van der Waals surface area contributed by atoms with Crippen molar-refractivity contribution in [2.45, 2.75) is 37.7 Å². The average molecular weight is 406 g/mol. The zero-order chi connectivity index (χ0) is 20.7. The van der Waals surface area contributed by atoms with Crippen molar-refractivity contribution >= 4 is 17.4 Å². The molecule has 1 unspecified atom stereocenters. The summed E-state index contributed by atoms with van der Waals surface area (Å²) in [4.78, 5) is 16.9. The highest BCUT2D eigenvalue weighted by Gasteiger charge is 2.33. The van der Waals surface area contributed by atoms with Crippen LogP contribution >= 0.6 is 0 Å². The first-order chi connectivity index (χ1) is 14.6. The van der Waals surface area contributed by atoms with Gasteiger partial charge in [0.15, 0.2) is 17.6 Å². The Morgan fingerprint density at radius 2 is 1.87 bits per heavy atom. The van der Waals surface area contributed by atoms with E-state index >= 15 is 0 Å². The van der Waals surface area contributed by atoms with Crippen molar-refractivity contribution in [3.8, 4) is 5.75 Å². The quantitative estimate of drug-likeness (QED) is 0.664. The van der Waals surface area contributed by atoms with Gasteiger partial charge in [0.1, 0.15) is 11.6 Å². The van der Waals surface area contributed by atoms with Gasteiger partial charge in [0.25, 0.3) is 5.91 Å². The third kappa shape index (κ3) is 3.36. The van der Waals surface area contributed by atoms with Gasteiger partial charge in [-0.3, -0.25) is 4.79 Å². The second-order valence-electron chi connectivity index (χ2n) is 8.27. The molecule has 30 heavy (non-hydrogen) atoms. The average Bonchev–Trinajstić information content (AvgIpc) is 3.21. The minimum Gasteiger partial charge on any atom is -0.480 e. The van der Waals surface area contributed by atoms with Crippen molar-refractivity contribution in [2.75, 3.05) is 32.1 Å². The lowest BCUT2D eigenvalue weighted by atomic mass is 9.95. The second kappa shape index (κ2) is 7.59. The lowest BCUT2D eigenvalue weighted by Gasteiger charge is -2.35. The largest absolute Gasteiger partial charge is 0.480 e. The molecule has 0 saturated carbocycles. The molecule has 5 rings (SSSR count). The summed E-state index contributed by atoms with van der Waals surface area (Å²) >= 11 is 0. The Morgan fingerprint density at radius 1 is 1.07 bits per heavy atom. The fourth-order valence-electron chi connectivity index (χ4n) is 4.35. The molecule has 1 amide bonds. The number of carbonyl (C=O) groups excluding carboxylic acids is 1. The van der Waals surface area contributed by atoms with Crippen LogP contribution in [0.15, 0.2) is 36.4 Å². The monoisotopic (exact) mass is 406 g/mol. The van der Waals surface area contributed by atoms with Gasteiger partial charge >= 0.3 is 0 Å². The molecule has 1 aromatic carbocycles. The number of aromatic nitrogens is 4. The van der Waals surface area contributed by atoms with E-state index in [2.05, 4.69) is 21.4 Å². The number of para-hydroxylation sites is 1. The zero-order valence-electron chi connectivity index (χ0n) is 17.4. The van der Waals surface area contributed by atoms with Gasteiger partial charge in [-0.15, -0.1) is 15.3 Å². The van der Waals surface area contributed by atoms with Crippen molar-refractivity contribution in [2.24, 2.45) is 0 Å². The Morgan fingerprint density at radius 3 is 2.67 bits per heavy atom. The number of ether oxygens (including phenoxy) is 1. The number of benzene rings is 1. The van der Waals surface area contributed by atoms with Gasteiger partial charge in [0.05, 0.1) is 0 Å². The van der Waals surface area contributed by atoms with Gasteiger partial charge in [0.2, 0.25) is 0 Å². The van der Waals surface area contributed by atoms with Crippen molar-refractivity contribution in [3.63, 3.8) is 0 Å². The van der Waals surface area contributed by atoms with E-state index in [0.29, 0.717) is 13.1 Å². The first-order valence-corrected chi connectivity index (χ1v) is 10.5. The molecule has 0 N–H and O–H groups in total. The highest BCUT2D eigenvalue weighted by molar-refractivity contribution is 5.81. The number of piperidine rings is 1. The third-order valence-electron chi connectivity index (χ3n) is 6.10. The molecule has 2 aliphatic rings. The third-order valence-corrected chi connectivity index (χ3v) is 6.10. The van der Waals surface area contributed by atoms with E-state index in [0.717, 1.165) is 48.7 Å². The molecule has 3 aromatic rings. The van der Waals surface area contributed by atoms with Crippen LogP contribution in [-0.4, -0.2) is 63.9 Å². The molecule has 0 radical (unpaired) electrons. The first-order valence-electron chi connectivity index (χ1n) is 10.5. The molecule has 0 spiro atoms. The molecule has 1 atom stereocenters. The number of hydrogen-bond donors (Lipinski definition) is 0. The van der Waals surface area contributed by atoms with Crippen LogP contribution in [0.25, 0.3) is 5.65 Å². The van der Waals surface area contributed by atoms with Gasteiger partial charge in [-0.25, -0.2) is 0 Å². The molecule has 8 nitrogen and oxygen atoms in total. The Bertz CT molecular complexity index is 1070. The molecule has 0 bridgehead atoms. The van der Waals surface area contributed by atoms with E-state index in [9.17, 15) is 4.79 Å². The minimum atomic E-state index is -0.380. The molecule has 8 heteroatoms. The van der Waals surface area contributed by atoms with E-state index in [4.69, 9.17) is 4.74 Å². The zero-order valence-corrected chi connectivity index (χ0v) is 17.4. The van der Waals surface area contributed by atoms with E-state index in [-0.39, 0.29) is 17.9 Å². The van der Waals surface area contributed by atoms with Crippen LogP contribution in [-0.2, 0) is 11.2 Å². The fraction of sp³-hybridized carbons (Fsp3) is 0.455. The van der Waals surface area contributed by atoms with Crippen LogP contribution in [0.4, 0.5) is 5.82 Å². The van der Waals surface area contributed by atoms with Gasteiger partial charge in [-0.1, -0.05) is 18.2 Å². The Balaban J connectivity index is 1.26. The van der Waals surface area contributed by atoms with Gasteiger partial charge in [-0.2, -0.15) is 4.52 Å². The number of rotatable bonds is 3. The molecule has 1 saturated heterocycles. The summed E-state index contributed by atoms with van der Waals surface area (Å²) in [6.45, 7) is 1.40. The van der Waals surface area contributed by atoms with Crippen LogP contribution in [0.3, 0.4) is 0 Å². The predicted octanol–water partition coefficient (Wildman–Crippen LogP) is 2.29. The summed E-state index contributed by atoms with van der Waals surface area (Å²) in [5, 5.41) is 13.4. The normalized spacial score (nSPS) is 19.4. The summed E-state index contributed by atoms with van der Waals surface area (Å²) in [5.74, 6) is 2.92. The summed E-state index contributed by atoms with van der Waals surface area (Å²) < 4.78 is 7.85. The van der Waals surface area contributed by atoms with Crippen molar-refractivity contribution in [1.82, 2.24) is 24.7 Å². The van der Waals surface area contributed by atoms with Crippen molar-refractivity contribution in [3.05, 3.63) is 47.8 Å². The molecule has 156 valence electrons. The van der Waals surface area contributed by atoms with Gasteiger partial charge in [-0.05, 0) is 49.4 Å². The number of fused-ring (bicyclic) bond motifs is 2. The van der Waals surface area contributed by atoms with Gasteiger partial charge in [0, 0.05) is 33.1 Å². The molecule has 2 aromatic heterocycles. The summed E-state index contributed by atoms with van der Waals surface area (Å²) in [6, 6.07) is 11.9. The maximum Gasteiger partial charge on any atom is 0.263 e. The van der Waals surface area contributed by atoms with Gasteiger partial charge < -0.3 is 14.5 Å². The lowest BCUT2D eigenvalue weighted by Crippen LogP contribution is -2.46. The second-order valence-corrected chi connectivity index (χ2v) is 8.27. The van der Waals surface area contributed by atoms with E-state index in [1.54, 1.807) is 0 Å². The van der Waals surface area contributed by atoms with Crippen LogP contribution in [0.2, 0.25) is 0 Å². The highest BCUT2D eigenvalue weighted by Crippen LogP contribution is 2.31. The molecule has 4 heterocycles. The molecule has 2 aliphatic heterocycles. The number of nitrogens with zero attached hydrogens (tertiary/aromatic N) is 6. The topological polar surface area (TPSA) is 75.9 Å². The standard InChI is InChI=1S/C22H26N6O2/c1-26(2)20-10-9-19-23-24-21(28(19)25-20)16-11-13-27(14-12-16)22(29)18-8-7-15-5-3-4-6-17(15)30-18/h3-6,9-10,16,18H,7-8,11-14H2,1-2H3. The first kappa shape index (κ1) is 18.8. The summed E-state index contributed by atoms with van der Waals surface area (Å²) in [7, 11) is 3.93. The lowest BCUT2D eigenvalue weighted by molar-refractivity contribution is -0.140. The number of aryl methyl sites for hydroxylation is 1. The van der Waals surface area contributed by atoms with Crippen LogP contribution in [0.1, 0.15) is 36.6 Å². The van der Waals surface area contributed by atoms with E-state index < -0.39 is 0 Å². The van der Waals surface area contributed by atoms with Crippen molar-refractivity contribution in [1.29, 1.82) is 0 Å². The molecular weight excluding hydrogens is 380 g/mol. The number of anilines is 1. The molecular formula is C22H26N6O2. The Kier molecular flexibility index (Phi) is 4.77. The van der Waals surface area contributed by atoms with E-state index in [1.807, 2.05) is 58.7 Å². The Hall–Kier alpha value is -3.16. The number of likely N-dealkylation sites (tertiary alicyclic amines) is 1. The highest BCUT2D eigenvalue weighted by atomic mass is 16.5. The minimum absolute atomic E-state index is 0.0991. The molecule has 0 aliphatic carbocycles. The van der Waals surface area contributed by atoms with E-state index in [1.165, 1.54) is 5.56 Å². The summed E-state index contributed by atoms with van der Waals surface area (Å²) in [5.41, 5.74) is 1.94. The maximum atomic E-state index is 13.0. The maximum absolute atomic E-state index is 13.0. The fourth-order valence-corrected chi connectivity index (χ4v) is 4.35.